The lowest BCUT2D eigenvalue weighted by Gasteiger charge is -2.15. The lowest BCUT2D eigenvalue weighted by Crippen LogP contribution is -2.21. The van der Waals surface area contributed by atoms with E-state index in [0.29, 0.717) is 12.1 Å². The Morgan fingerprint density at radius 2 is 2.33 bits per heavy atom. The normalized spacial score (nSPS) is 21.1. The van der Waals surface area contributed by atoms with Gasteiger partial charge in [0.1, 0.15) is 0 Å². The van der Waals surface area contributed by atoms with Crippen molar-refractivity contribution >= 4 is 0 Å². The highest BCUT2D eigenvalue weighted by Gasteiger charge is 2.14. The van der Waals surface area contributed by atoms with E-state index in [-0.39, 0.29) is 0 Å². The summed E-state index contributed by atoms with van der Waals surface area (Å²) in [5, 5.41) is 3.59. The van der Waals surface area contributed by atoms with E-state index in [4.69, 9.17) is 4.74 Å². The molecule has 1 aromatic carbocycles. The van der Waals surface area contributed by atoms with Crippen LogP contribution in [0.25, 0.3) is 0 Å². The maximum absolute atomic E-state index is 5.63. The van der Waals surface area contributed by atoms with Crippen LogP contribution in [0.3, 0.4) is 0 Å². The zero-order valence-electron chi connectivity index (χ0n) is 11.6. The van der Waals surface area contributed by atoms with Gasteiger partial charge >= 0.3 is 0 Å². The maximum atomic E-state index is 5.63. The Morgan fingerprint density at radius 3 is 3.06 bits per heavy atom. The number of ether oxygens (including phenoxy) is 1. The van der Waals surface area contributed by atoms with Gasteiger partial charge in [-0.3, -0.25) is 0 Å². The van der Waals surface area contributed by atoms with Crippen molar-refractivity contribution in [3.8, 4) is 0 Å². The van der Waals surface area contributed by atoms with Gasteiger partial charge in [0, 0.05) is 12.6 Å². The minimum absolute atomic E-state index is 0.439. The fourth-order valence-electron chi connectivity index (χ4n) is 2.58. The van der Waals surface area contributed by atoms with E-state index >= 15 is 0 Å². The Bertz CT molecular complexity index is 358. The molecule has 1 N–H and O–H groups in total. The van der Waals surface area contributed by atoms with Crippen LogP contribution in [-0.4, -0.2) is 19.3 Å². The monoisotopic (exact) mass is 247 g/mol. The molecule has 18 heavy (non-hydrogen) atoms. The molecule has 2 atom stereocenters. The topological polar surface area (TPSA) is 21.3 Å². The van der Waals surface area contributed by atoms with Gasteiger partial charge in [-0.05, 0) is 51.6 Å². The highest BCUT2D eigenvalue weighted by molar-refractivity contribution is 5.24. The van der Waals surface area contributed by atoms with Crippen molar-refractivity contribution in [1.82, 2.24) is 5.32 Å². The average Bonchev–Trinajstić information content (AvgIpc) is 2.87. The van der Waals surface area contributed by atoms with Gasteiger partial charge in [0.25, 0.3) is 0 Å². The quantitative estimate of drug-likeness (QED) is 0.775. The van der Waals surface area contributed by atoms with Crippen LogP contribution in [0.1, 0.15) is 49.8 Å². The van der Waals surface area contributed by atoms with Gasteiger partial charge in [0.2, 0.25) is 0 Å². The van der Waals surface area contributed by atoms with Crippen LogP contribution in [0.2, 0.25) is 0 Å². The molecule has 1 aromatic rings. The third-order valence-corrected chi connectivity index (χ3v) is 3.72. The van der Waals surface area contributed by atoms with Crippen LogP contribution in [0.5, 0.6) is 0 Å². The van der Waals surface area contributed by atoms with E-state index < -0.39 is 0 Å². The lowest BCUT2D eigenvalue weighted by molar-refractivity contribution is 0.102. The molecule has 1 aliphatic heterocycles. The molecule has 0 spiro atoms. The highest BCUT2D eigenvalue weighted by Crippen LogP contribution is 2.17. The number of hydrogen-bond acceptors (Lipinski definition) is 2. The Hall–Kier alpha value is -0.860. The third kappa shape index (κ3) is 4.11. The summed E-state index contributed by atoms with van der Waals surface area (Å²) in [7, 11) is 0. The van der Waals surface area contributed by atoms with Crippen molar-refractivity contribution in [2.75, 3.05) is 13.2 Å². The standard InChI is InChI=1S/C16H25NO/c1-13-6-3-7-15(12-13)14(2)17-10-4-8-16-9-5-11-18-16/h3,6-7,12,14,16-17H,4-5,8-11H2,1-2H3/t14-,16?/m0/s1. The Labute approximate surface area is 111 Å². The highest BCUT2D eigenvalue weighted by atomic mass is 16.5. The summed E-state index contributed by atoms with van der Waals surface area (Å²) in [6, 6.07) is 9.18. The van der Waals surface area contributed by atoms with E-state index in [1.54, 1.807) is 0 Å². The molecule has 1 saturated heterocycles. The molecule has 1 aliphatic rings. The van der Waals surface area contributed by atoms with Gasteiger partial charge in [0.05, 0.1) is 6.10 Å². The maximum Gasteiger partial charge on any atom is 0.0576 e. The molecule has 2 nitrogen and oxygen atoms in total. The van der Waals surface area contributed by atoms with E-state index in [0.717, 1.165) is 13.2 Å². The van der Waals surface area contributed by atoms with Crippen molar-refractivity contribution < 1.29 is 4.74 Å². The molecular weight excluding hydrogens is 222 g/mol. The van der Waals surface area contributed by atoms with Crippen molar-refractivity contribution in [1.29, 1.82) is 0 Å². The van der Waals surface area contributed by atoms with Gasteiger partial charge in [-0.1, -0.05) is 29.8 Å². The van der Waals surface area contributed by atoms with Crippen LogP contribution < -0.4 is 5.32 Å². The lowest BCUT2D eigenvalue weighted by atomic mass is 10.1. The first kappa shape index (κ1) is 13.6. The number of benzene rings is 1. The Morgan fingerprint density at radius 1 is 1.44 bits per heavy atom. The van der Waals surface area contributed by atoms with E-state index in [1.807, 2.05) is 0 Å². The van der Waals surface area contributed by atoms with Gasteiger partial charge in [-0.25, -0.2) is 0 Å². The van der Waals surface area contributed by atoms with Crippen LogP contribution in [0.15, 0.2) is 24.3 Å². The van der Waals surface area contributed by atoms with Gasteiger partial charge in [-0.15, -0.1) is 0 Å². The predicted octanol–water partition coefficient (Wildman–Crippen LogP) is 3.60. The molecule has 1 heterocycles. The second-order valence-corrected chi connectivity index (χ2v) is 5.37. The number of hydrogen-bond donors (Lipinski definition) is 1. The fourth-order valence-corrected chi connectivity index (χ4v) is 2.58. The smallest absolute Gasteiger partial charge is 0.0576 e. The van der Waals surface area contributed by atoms with Crippen molar-refractivity contribution in [2.24, 2.45) is 0 Å². The van der Waals surface area contributed by atoms with Crippen LogP contribution in [0.4, 0.5) is 0 Å². The average molecular weight is 247 g/mol. The van der Waals surface area contributed by atoms with Crippen LogP contribution in [0, 0.1) is 6.92 Å². The molecule has 1 fully saturated rings. The predicted molar refractivity (Wildman–Crippen MR) is 75.8 cm³/mol. The minimum atomic E-state index is 0.439. The van der Waals surface area contributed by atoms with Gasteiger partial charge in [-0.2, -0.15) is 0 Å². The molecule has 0 aliphatic carbocycles. The molecule has 0 aromatic heterocycles. The van der Waals surface area contributed by atoms with Crippen LogP contribution in [-0.2, 0) is 4.74 Å². The van der Waals surface area contributed by atoms with E-state index in [1.165, 1.54) is 36.8 Å². The number of nitrogens with one attached hydrogen (secondary N) is 1. The largest absolute Gasteiger partial charge is 0.378 e. The first-order valence-corrected chi connectivity index (χ1v) is 7.17. The van der Waals surface area contributed by atoms with Crippen LogP contribution >= 0.6 is 0 Å². The van der Waals surface area contributed by atoms with Gasteiger partial charge in [0.15, 0.2) is 0 Å². The molecule has 0 amide bonds. The summed E-state index contributed by atoms with van der Waals surface area (Å²) >= 11 is 0. The summed E-state index contributed by atoms with van der Waals surface area (Å²) < 4.78 is 5.63. The minimum Gasteiger partial charge on any atom is -0.378 e. The molecule has 1 unspecified atom stereocenters. The summed E-state index contributed by atoms with van der Waals surface area (Å²) in [6.45, 7) is 6.43. The van der Waals surface area contributed by atoms with Crippen molar-refractivity contribution in [2.45, 2.75) is 51.7 Å². The number of rotatable bonds is 6. The molecule has 2 heteroatoms. The van der Waals surface area contributed by atoms with Crippen molar-refractivity contribution in [3.63, 3.8) is 0 Å². The molecular formula is C16H25NO. The van der Waals surface area contributed by atoms with Crippen molar-refractivity contribution in [3.05, 3.63) is 35.4 Å². The SMILES string of the molecule is Cc1cccc([C@H](C)NCCCC2CCCO2)c1. The summed E-state index contributed by atoms with van der Waals surface area (Å²) in [5.74, 6) is 0. The third-order valence-electron chi connectivity index (χ3n) is 3.72. The van der Waals surface area contributed by atoms with Gasteiger partial charge < -0.3 is 10.1 Å². The number of aryl methyl sites for hydroxylation is 1. The summed E-state index contributed by atoms with van der Waals surface area (Å²) in [4.78, 5) is 0. The zero-order valence-corrected chi connectivity index (χ0v) is 11.6. The molecule has 0 radical (unpaired) electrons. The molecule has 2 rings (SSSR count). The summed E-state index contributed by atoms with van der Waals surface area (Å²) in [5.41, 5.74) is 2.72. The molecule has 100 valence electrons. The molecule has 0 bridgehead atoms. The Kier molecular flexibility index (Phi) is 5.21. The fraction of sp³-hybridized carbons (Fsp3) is 0.625. The zero-order chi connectivity index (χ0) is 12.8. The second kappa shape index (κ2) is 6.91. The van der Waals surface area contributed by atoms with E-state index in [9.17, 15) is 0 Å². The Balaban J connectivity index is 1.66. The summed E-state index contributed by atoms with van der Waals surface area (Å²) in [6.07, 6.45) is 5.45. The second-order valence-electron chi connectivity index (χ2n) is 5.37. The molecule has 0 saturated carbocycles. The first-order chi connectivity index (χ1) is 8.75. The van der Waals surface area contributed by atoms with E-state index in [2.05, 4.69) is 43.4 Å². The first-order valence-electron chi connectivity index (χ1n) is 7.17.